The number of rotatable bonds is 4. The minimum atomic E-state index is -0.759. The topological polar surface area (TPSA) is 49.3 Å². The van der Waals surface area contributed by atoms with Crippen LogP contribution < -0.4 is 5.32 Å². The van der Waals surface area contributed by atoms with Gasteiger partial charge in [0.2, 0.25) is 0 Å². The van der Waals surface area contributed by atoms with Crippen molar-refractivity contribution in [2.75, 3.05) is 7.05 Å². The maximum atomic E-state index is 11.1. The van der Waals surface area contributed by atoms with Crippen LogP contribution in [0, 0.1) is 5.92 Å². The number of aliphatic carboxylic acids is 1. The molecule has 1 aromatic rings. The molecule has 2 rings (SSSR count). The van der Waals surface area contributed by atoms with E-state index in [4.69, 9.17) is 5.11 Å². The Morgan fingerprint density at radius 1 is 1.35 bits per heavy atom. The van der Waals surface area contributed by atoms with Crippen LogP contribution in [-0.4, -0.2) is 18.1 Å². The molecule has 3 heteroatoms. The quantitative estimate of drug-likeness (QED) is 0.837. The fourth-order valence-corrected chi connectivity index (χ4v) is 2.63. The van der Waals surface area contributed by atoms with Crippen LogP contribution in [0.25, 0.3) is 0 Å². The van der Waals surface area contributed by atoms with Gasteiger partial charge in [-0.25, -0.2) is 0 Å². The van der Waals surface area contributed by atoms with Crippen molar-refractivity contribution < 1.29 is 9.90 Å². The molecule has 92 valence electrons. The van der Waals surface area contributed by atoms with Crippen molar-refractivity contribution in [3.05, 3.63) is 34.9 Å². The smallest absolute Gasteiger partial charge is 0.308 e. The van der Waals surface area contributed by atoms with Gasteiger partial charge >= 0.3 is 5.97 Å². The van der Waals surface area contributed by atoms with E-state index in [0.717, 1.165) is 18.4 Å². The van der Waals surface area contributed by atoms with Gasteiger partial charge in [-0.05, 0) is 43.0 Å². The zero-order valence-electron chi connectivity index (χ0n) is 10.4. The molecule has 2 N–H and O–H groups in total. The Kier molecular flexibility index (Phi) is 3.48. The Balaban J connectivity index is 2.28. The van der Waals surface area contributed by atoms with Crippen LogP contribution >= 0.6 is 0 Å². The van der Waals surface area contributed by atoms with Crippen molar-refractivity contribution in [1.82, 2.24) is 5.32 Å². The highest BCUT2D eigenvalue weighted by Crippen LogP contribution is 2.28. The van der Waals surface area contributed by atoms with Gasteiger partial charge in [-0.2, -0.15) is 0 Å². The highest BCUT2D eigenvalue weighted by atomic mass is 16.4. The van der Waals surface area contributed by atoms with Crippen LogP contribution in [0.4, 0.5) is 0 Å². The fraction of sp³-hybridized carbons (Fsp3) is 0.500. The predicted molar refractivity (Wildman–Crippen MR) is 67.1 cm³/mol. The third kappa shape index (κ3) is 2.34. The lowest BCUT2D eigenvalue weighted by molar-refractivity contribution is -0.142. The van der Waals surface area contributed by atoms with Crippen molar-refractivity contribution >= 4 is 5.97 Å². The first-order valence-corrected chi connectivity index (χ1v) is 6.15. The van der Waals surface area contributed by atoms with Crippen LogP contribution in [0.2, 0.25) is 0 Å². The first-order chi connectivity index (χ1) is 8.13. The van der Waals surface area contributed by atoms with Crippen LogP contribution in [0.1, 0.15) is 36.1 Å². The van der Waals surface area contributed by atoms with Crippen molar-refractivity contribution in [1.29, 1.82) is 0 Å². The summed E-state index contributed by atoms with van der Waals surface area (Å²) in [5.74, 6) is -1.18. The molecule has 1 aliphatic rings. The Hall–Kier alpha value is -1.35. The first-order valence-electron chi connectivity index (χ1n) is 6.15. The van der Waals surface area contributed by atoms with Crippen molar-refractivity contribution in [2.24, 2.45) is 5.92 Å². The summed E-state index contributed by atoms with van der Waals surface area (Å²) in [6, 6.07) is 6.27. The lowest BCUT2D eigenvalue weighted by atomic mass is 9.92. The van der Waals surface area contributed by atoms with Crippen LogP contribution in [0.5, 0.6) is 0 Å². The summed E-state index contributed by atoms with van der Waals surface area (Å²) in [7, 11) is 1.82. The van der Waals surface area contributed by atoms with Crippen LogP contribution in [0.3, 0.4) is 0 Å². The number of carboxylic acid groups (broad SMARTS) is 1. The maximum absolute atomic E-state index is 11.1. The molecule has 1 aromatic carbocycles. The second-order valence-electron chi connectivity index (χ2n) is 4.77. The summed E-state index contributed by atoms with van der Waals surface area (Å²) >= 11 is 0. The molecule has 0 amide bonds. The molecule has 0 aromatic heterocycles. The summed E-state index contributed by atoms with van der Waals surface area (Å²) in [4.78, 5) is 11.1. The van der Waals surface area contributed by atoms with E-state index in [1.807, 2.05) is 7.05 Å². The molecule has 0 heterocycles. The molecule has 0 saturated carbocycles. The monoisotopic (exact) mass is 233 g/mol. The van der Waals surface area contributed by atoms with Gasteiger partial charge < -0.3 is 10.4 Å². The third-order valence-corrected chi connectivity index (χ3v) is 3.68. The second kappa shape index (κ2) is 4.88. The summed E-state index contributed by atoms with van der Waals surface area (Å²) < 4.78 is 0. The molecule has 17 heavy (non-hydrogen) atoms. The van der Waals surface area contributed by atoms with Crippen molar-refractivity contribution in [3.63, 3.8) is 0 Å². The number of hydrogen-bond acceptors (Lipinski definition) is 2. The van der Waals surface area contributed by atoms with Gasteiger partial charge in [0.1, 0.15) is 0 Å². The van der Waals surface area contributed by atoms with Gasteiger partial charge in [-0.15, -0.1) is 0 Å². The normalized spacial score (nSPS) is 17.5. The van der Waals surface area contributed by atoms with E-state index in [9.17, 15) is 4.79 Å². The lowest BCUT2D eigenvalue weighted by Crippen LogP contribution is -2.28. The molecular weight excluding hydrogens is 214 g/mol. The van der Waals surface area contributed by atoms with Gasteiger partial charge in [0.05, 0.1) is 5.92 Å². The molecule has 0 radical (unpaired) electrons. The highest BCUT2D eigenvalue weighted by Gasteiger charge is 2.24. The summed E-state index contributed by atoms with van der Waals surface area (Å²) in [6.45, 7) is 1.75. The van der Waals surface area contributed by atoms with Gasteiger partial charge in [0.15, 0.2) is 0 Å². The third-order valence-electron chi connectivity index (χ3n) is 3.68. The number of hydrogen-bond donors (Lipinski definition) is 2. The summed E-state index contributed by atoms with van der Waals surface area (Å²) in [5, 5.41) is 12.2. The zero-order valence-corrected chi connectivity index (χ0v) is 10.4. The van der Waals surface area contributed by atoms with E-state index >= 15 is 0 Å². The number of aryl methyl sites for hydroxylation is 2. The van der Waals surface area contributed by atoms with E-state index in [1.165, 1.54) is 17.5 Å². The largest absolute Gasteiger partial charge is 0.481 e. The highest BCUT2D eigenvalue weighted by molar-refractivity contribution is 5.70. The fourth-order valence-electron chi connectivity index (χ4n) is 2.63. The van der Waals surface area contributed by atoms with E-state index in [1.54, 1.807) is 6.92 Å². The Morgan fingerprint density at radius 2 is 2.06 bits per heavy atom. The number of fused-ring (bicyclic) bond motifs is 1. The number of nitrogens with one attached hydrogen (secondary N) is 1. The Bertz CT molecular complexity index is 428. The molecule has 0 saturated heterocycles. The second-order valence-corrected chi connectivity index (χ2v) is 4.77. The van der Waals surface area contributed by atoms with Gasteiger partial charge in [-0.3, -0.25) is 4.79 Å². The van der Waals surface area contributed by atoms with Gasteiger partial charge in [0, 0.05) is 6.04 Å². The molecule has 3 nitrogen and oxygen atoms in total. The van der Waals surface area contributed by atoms with Crippen molar-refractivity contribution in [2.45, 2.75) is 32.2 Å². The Morgan fingerprint density at radius 3 is 2.71 bits per heavy atom. The number of benzene rings is 1. The van der Waals surface area contributed by atoms with Gasteiger partial charge in [0.25, 0.3) is 0 Å². The number of carbonyl (C=O) groups is 1. The molecule has 0 fully saturated rings. The zero-order chi connectivity index (χ0) is 12.4. The standard InChI is InChI=1S/C14H19NO2/c1-9(14(16)17)13(15-2)12-7-6-10-4-3-5-11(10)8-12/h6-9,13,15H,3-5H2,1-2H3,(H,16,17). The molecular formula is C14H19NO2. The molecule has 0 aliphatic heterocycles. The minimum Gasteiger partial charge on any atom is -0.481 e. The minimum absolute atomic E-state index is 0.113. The van der Waals surface area contributed by atoms with Crippen LogP contribution in [0.15, 0.2) is 18.2 Å². The maximum Gasteiger partial charge on any atom is 0.308 e. The SMILES string of the molecule is CNC(c1ccc2c(c1)CCC2)C(C)C(=O)O. The van der Waals surface area contributed by atoms with Crippen LogP contribution in [-0.2, 0) is 17.6 Å². The predicted octanol–water partition coefficient (Wildman–Crippen LogP) is 2.16. The summed E-state index contributed by atoms with van der Waals surface area (Å²) in [6.07, 6.45) is 3.51. The summed E-state index contributed by atoms with van der Waals surface area (Å²) in [5.41, 5.74) is 3.90. The van der Waals surface area contributed by atoms with E-state index in [0.29, 0.717) is 0 Å². The van der Waals surface area contributed by atoms with Gasteiger partial charge in [-0.1, -0.05) is 25.1 Å². The lowest BCUT2D eigenvalue weighted by Gasteiger charge is -2.21. The first kappa shape index (κ1) is 12.1. The molecule has 0 spiro atoms. The molecule has 2 atom stereocenters. The molecule has 0 bridgehead atoms. The van der Waals surface area contributed by atoms with E-state index in [-0.39, 0.29) is 6.04 Å². The molecule has 2 unspecified atom stereocenters. The van der Waals surface area contributed by atoms with E-state index < -0.39 is 11.9 Å². The van der Waals surface area contributed by atoms with E-state index in [2.05, 4.69) is 23.5 Å². The number of carboxylic acids is 1. The Labute approximate surface area is 102 Å². The van der Waals surface area contributed by atoms with Crippen molar-refractivity contribution in [3.8, 4) is 0 Å². The average molecular weight is 233 g/mol. The molecule has 1 aliphatic carbocycles. The average Bonchev–Trinajstić information content (AvgIpc) is 2.77.